The van der Waals surface area contributed by atoms with E-state index in [-0.39, 0.29) is 36.3 Å². The number of rotatable bonds is 5. The van der Waals surface area contributed by atoms with Gasteiger partial charge in [-0.15, -0.1) is 0 Å². The topological polar surface area (TPSA) is 40.6 Å². The smallest absolute Gasteiger partial charge is 0.341 e. The number of hydrogen-bond donors (Lipinski definition) is 0. The highest BCUT2D eigenvalue weighted by Crippen LogP contribution is 2.32. The van der Waals surface area contributed by atoms with Gasteiger partial charge < -0.3 is 9.80 Å². The zero-order chi connectivity index (χ0) is 17.9. The Morgan fingerprint density at radius 2 is 1.96 bits per heavy atom. The van der Waals surface area contributed by atoms with E-state index >= 15 is 0 Å². The molecular formula is C17H19F3N2O2. The lowest BCUT2D eigenvalue weighted by molar-refractivity contribution is -0.140. The van der Waals surface area contributed by atoms with E-state index in [9.17, 15) is 22.8 Å². The van der Waals surface area contributed by atoms with Crippen LogP contribution in [-0.4, -0.2) is 41.8 Å². The fourth-order valence-electron chi connectivity index (χ4n) is 2.69. The van der Waals surface area contributed by atoms with Crippen molar-refractivity contribution in [1.82, 2.24) is 9.80 Å². The van der Waals surface area contributed by atoms with Crippen molar-refractivity contribution in [2.45, 2.75) is 19.1 Å². The number of halogens is 3. The van der Waals surface area contributed by atoms with Crippen molar-refractivity contribution in [2.75, 3.05) is 20.1 Å². The van der Waals surface area contributed by atoms with Crippen LogP contribution in [0.3, 0.4) is 0 Å². The van der Waals surface area contributed by atoms with Crippen molar-refractivity contribution < 1.29 is 22.8 Å². The van der Waals surface area contributed by atoms with Gasteiger partial charge in [0.25, 0.3) is 0 Å². The quantitative estimate of drug-likeness (QED) is 0.774. The maximum Gasteiger partial charge on any atom is 0.416 e. The minimum Gasteiger partial charge on any atom is -0.341 e. The summed E-state index contributed by atoms with van der Waals surface area (Å²) in [5.41, 5.74) is -0.658. The summed E-state index contributed by atoms with van der Waals surface area (Å²) in [6.45, 7) is 4.25. The standard InChI is InChI=1S/C17H19F3N2O2/c1-3-15(23)22-9-12(10-22)8-16(24)21(2)11-13-6-4-5-7-14(13)17(18,19)20/h3-7,12H,1,8-11H2,2H3. The molecule has 1 aromatic rings. The molecule has 2 rings (SSSR count). The molecule has 0 spiro atoms. The molecule has 2 amide bonds. The van der Waals surface area contributed by atoms with E-state index in [1.54, 1.807) is 4.90 Å². The van der Waals surface area contributed by atoms with E-state index in [1.165, 1.54) is 36.2 Å². The summed E-state index contributed by atoms with van der Waals surface area (Å²) in [7, 11) is 1.49. The minimum atomic E-state index is -4.44. The Balaban J connectivity index is 1.92. The molecule has 24 heavy (non-hydrogen) atoms. The molecule has 4 nitrogen and oxygen atoms in total. The molecule has 0 aromatic heterocycles. The van der Waals surface area contributed by atoms with Gasteiger partial charge in [0.05, 0.1) is 5.56 Å². The summed E-state index contributed by atoms with van der Waals surface area (Å²) in [5, 5.41) is 0. The molecule has 1 fully saturated rings. The highest BCUT2D eigenvalue weighted by molar-refractivity contribution is 5.87. The Hall–Kier alpha value is -2.31. The average molecular weight is 340 g/mol. The van der Waals surface area contributed by atoms with Crippen LogP contribution in [0.4, 0.5) is 13.2 Å². The van der Waals surface area contributed by atoms with Gasteiger partial charge in [0.15, 0.2) is 0 Å². The molecule has 0 unspecified atom stereocenters. The molecule has 1 aliphatic heterocycles. The van der Waals surface area contributed by atoms with Crippen LogP contribution >= 0.6 is 0 Å². The number of amides is 2. The fraction of sp³-hybridized carbons (Fsp3) is 0.412. The van der Waals surface area contributed by atoms with E-state index in [2.05, 4.69) is 6.58 Å². The second kappa shape index (κ2) is 7.07. The van der Waals surface area contributed by atoms with Gasteiger partial charge in [-0.1, -0.05) is 24.8 Å². The number of nitrogens with zero attached hydrogens (tertiary/aromatic N) is 2. The Kier molecular flexibility index (Phi) is 5.31. The molecule has 130 valence electrons. The zero-order valence-corrected chi connectivity index (χ0v) is 13.3. The Labute approximate surface area is 138 Å². The largest absolute Gasteiger partial charge is 0.416 e. The minimum absolute atomic E-state index is 0.0432. The Morgan fingerprint density at radius 1 is 1.33 bits per heavy atom. The van der Waals surface area contributed by atoms with Crippen LogP contribution in [0.25, 0.3) is 0 Å². The van der Waals surface area contributed by atoms with Gasteiger partial charge in [-0.2, -0.15) is 13.2 Å². The van der Waals surface area contributed by atoms with Crippen LogP contribution in [0, 0.1) is 5.92 Å². The zero-order valence-electron chi connectivity index (χ0n) is 13.3. The summed E-state index contributed by atoms with van der Waals surface area (Å²) < 4.78 is 38.9. The van der Waals surface area contributed by atoms with Crippen LogP contribution in [0.15, 0.2) is 36.9 Å². The summed E-state index contributed by atoms with van der Waals surface area (Å²) >= 11 is 0. The number of likely N-dealkylation sites (tertiary alicyclic amines) is 1. The maximum atomic E-state index is 13.0. The Morgan fingerprint density at radius 3 is 2.54 bits per heavy atom. The molecule has 0 atom stereocenters. The highest BCUT2D eigenvalue weighted by Gasteiger charge is 2.34. The molecule has 1 aromatic carbocycles. The van der Waals surface area contributed by atoms with Crippen LogP contribution in [0.1, 0.15) is 17.5 Å². The van der Waals surface area contributed by atoms with Crippen molar-refractivity contribution in [1.29, 1.82) is 0 Å². The van der Waals surface area contributed by atoms with Crippen LogP contribution in [0.2, 0.25) is 0 Å². The molecule has 0 saturated carbocycles. The predicted molar refractivity (Wildman–Crippen MR) is 82.8 cm³/mol. The normalized spacial score (nSPS) is 14.9. The SMILES string of the molecule is C=CC(=O)N1CC(CC(=O)N(C)Cc2ccccc2C(F)(F)F)C1. The number of carbonyl (C=O) groups excluding carboxylic acids is 2. The molecule has 1 saturated heterocycles. The predicted octanol–water partition coefficient (Wildman–Crippen LogP) is 2.70. The van der Waals surface area contributed by atoms with E-state index in [0.717, 1.165) is 6.07 Å². The van der Waals surface area contributed by atoms with Crippen molar-refractivity contribution >= 4 is 11.8 Å². The average Bonchev–Trinajstić information content (AvgIpc) is 2.48. The van der Waals surface area contributed by atoms with Gasteiger partial charge in [0, 0.05) is 39.0 Å². The highest BCUT2D eigenvalue weighted by atomic mass is 19.4. The van der Waals surface area contributed by atoms with Crippen molar-refractivity contribution in [3.63, 3.8) is 0 Å². The lowest BCUT2D eigenvalue weighted by Crippen LogP contribution is -2.50. The third-order valence-corrected chi connectivity index (χ3v) is 4.06. The van der Waals surface area contributed by atoms with E-state index < -0.39 is 11.7 Å². The number of carbonyl (C=O) groups is 2. The summed E-state index contributed by atoms with van der Waals surface area (Å²) in [4.78, 5) is 26.4. The molecule has 0 radical (unpaired) electrons. The van der Waals surface area contributed by atoms with Gasteiger partial charge in [-0.3, -0.25) is 9.59 Å². The molecule has 1 aliphatic rings. The third kappa shape index (κ3) is 4.15. The van der Waals surface area contributed by atoms with Crippen molar-refractivity contribution in [3.05, 3.63) is 48.0 Å². The first-order chi connectivity index (χ1) is 11.2. The van der Waals surface area contributed by atoms with E-state index in [4.69, 9.17) is 0 Å². The van der Waals surface area contributed by atoms with Gasteiger partial charge in [0.2, 0.25) is 11.8 Å². The molecule has 0 N–H and O–H groups in total. The molecule has 0 bridgehead atoms. The first-order valence-electron chi connectivity index (χ1n) is 7.52. The molecule has 1 heterocycles. The van der Waals surface area contributed by atoms with E-state index in [0.29, 0.717) is 13.1 Å². The van der Waals surface area contributed by atoms with Crippen LogP contribution in [-0.2, 0) is 22.3 Å². The molecule has 7 heteroatoms. The monoisotopic (exact) mass is 340 g/mol. The van der Waals surface area contributed by atoms with Gasteiger partial charge in [-0.05, 0) is 17.7 Å². The first-order valence-corrected chi connectivity index (χ1v) is 7.52. The summed E-state index contributed by atoms with van der Waals surface area (Å²) in [5.74, 6) is -0.365. The second-order valence-electron chi connectivity index (χ2n) is 5.92. The number of benzene rings is 1. The van der Waals surface area contributed by atoms with Crippen LogP contribution in [0.5, 0.6) is 0 Å². The summed E-state index contributed by atoms with van der Waals surface area (Å²) in [6.07, 6.45) is -3.01. The lowest BCUT2D eigenvalue weighted by atomic mass is 9.95. The van der Waals surface area contributed by atoms with Crippen molar-refractivity contribution in [3.8, 4) is 0 Å². The summed E-state index contributed by atoms with van der Waals surface area (Å²) in [6, 6.07) is 5.24. The second-order valence-corrected chi connectivity index (χ2v) is 5.92. The Bertz CT molecular complexity index is 637. The van der Waals surface area contributed by atoms with Gasteiger partial charge in [0.1, 0.15) is 0 Å². The maximum absolute atomic E-state index is 13.0. The fourth-order valence-corrected chi connectivity index (χ4v) is 2.69. The first kappa shape index (κ1) is 18.0. The van der Waals surface area contributed by atoms with E-state index in [1.807, 2.05) is 0 Å². The lowest BCUT2D eigenvalue weighted by Gasteiger charge is -2.39. The molecule has 0 aliphatic carbocycles. The van der Waals surface area contributed by atoms with Gasteiger partial charge in [-0.25, -0.2) is 0 Å². The number of alkyl halides is 3. The van der Waals surface area contributed by atoms with Crippen LogP contribution < -0.4 is 0 Å². The van der Waals surface area contributed by atoms with Gasteiger partial charge >= 0.3 is 6.18 Å². The third-order valence-electron chi connectivity index (χ3n) is 4.06. The van der Waals surface area contributed by atoms with Crippen molar-refractivity contribution in [2.24, 2.45) is 5.92 Å². The number of hydrogen-bond acceptors (Lipinski definition) is 2. The molecular weight excluding hydrogens is 321 g/mol.